The molecular weight excluding hydrogens is 432 g/mol. The molecule has 1 aromatic rings. The van der Waals surface area contributed by atoms with E-state index in [1.165, 1.54) is 18.4 Å². The second kappa shape index (κ2) is 10.8. The molecule has 0 spiro atoms. The Kier molecular flexibility index (Phi) is 8.05. The molecule has 4 rings (SSSR count). The zero-order chi connectivity index (χ0) is 22.7. The molecule has 2 fully saturated rings. The van der Waals surface area contributed by atoms with Gasteiger partial charge in [0.05, 0.1) is 18.8 Å². The smallest absolute Gasteiger partial charge is 0.111 e. The zero-order valence-corrected chi connectivity index (χ0v) is 18.9. The standard InChI is InChI=1S/C25H33ClO6/c26-20-10-7-17(25-24(30)23(29)22(28)21(14-27)32-25)13-18(20)12-16-5-3-15(4-6-16)2-1-11-31-19-8-9-19/h3-7,10,17,19,21-25,27-30H,1-2,8-9,11-14H2/t17?,21-,22-,23+,24-,25+/m1/s1. The van der Waals surface area contributed by atoms with Crippen molar-refractivity contribution in [2.45, 2.75) is 75.1 Å². The number of aryl methyl sites for hydroxylation is 1. The van der Waals surface area contributed by atoms with E-state index in [0.29, 0.717) is 24.0 Å². The minimum Gasteiger partial charge on any atom is -0.394 e. The van der Waals surface area contributed by atoms with Crippen LogP contribution >= 0.6 is 11.6 Å². The van der Waals surface area contributed by atoms with Gasteiger partial charge in [0.2, 0.25) is 0 Å². The molecule has 32 heavy (non-hydrogen) atoms. The Morgan fingerprint density at radius 1 is 1.00 bits per heavy atom. The fourth-order valence-electron chi connectivity index (χ4n) is 4.47. The van der Waals surface area contributed by atoms with Crippen LogP contribution < -0.4 is 0 Å². The average Bonchev–Trinajstić information content (AvgIpc) is 3.63. The van der Waals surface area contributed by atoms with Crippen LogP contribution in [0.5, 0.6) is 0 Å². The molecule has 1 unspecified atom stereocenters. The Balaban J connectivity index is 1.34. The summed E-state index contributed by atoms with van der Waals surface area (Å²) < 4.78 is 11.5. The summed E-state index contributed by atoms with van der Waals surface area (Å²) in [5, 5.41) is 40.7. The normalized spacial score (nSPS) is 33.0. The van der Waals surface area contributed by atoms with Crippen LogP contribution in [0.15, 0.2) is 47.0 Å². The van der Waals surface area contributed by atoms with E-state index in [-0.39, 0.29) is 5.92 Å². The third-order valence-corrected chi connectivity index (χ3v) is 6.98. The van der Waals surface area contributed by atoms with Crippen LogP contribution in [0.1, 0.15) is 36.8 Å². The molecule has 1 aromatic carbocycles. The SMILES string of the molecule is OC[C@H]1O[C@@H](C2C=CC(Cl)=C(Cc3ccc(CCCOC4CC4)cc3)C2)[C@H](O)[C@@H](O)[C@@H]1O. The Bertz CT molecular complexity index is 816. The van der Waals surface area contributed by atoms with Crippen molar-refractivity contribution >= 4 is 11.6 Å². The first kappa shape index (κ1) is 23.9. The molecule has 4 N–H and O–H groups in total. The van der Waals surface area contributed by atoms with Gasteiger partial charge < -0.3 is 29.9 Å². The lowest BCUT2D eigenvalue weighted by Gasteiger charge is -2.43. The summed E-state index contributed by atoms with van der Waals surface area (Å²) in [5.74, 6) is -0.218. The summed E-state index contributed by atoms with van der Waals surface area (Å²) in [6, 6.07) is 8.54. The van der Waals surface area contributed by atoms with Crippen molar-refractivity contribution < 1.29 is 29.9 Å². The van der Waals surface area contributed by atoms with Gasteiger partial charge in [-0.1, -0.05) is 41.9 Å². The predicted octanol–water partition coefficient (Wildman–Crippen LogP) is 2.25. The number of hydrogen-bond donors (Lipinski definition) is 4. The minimum absolute atomic E-state index is 0.218. The van der Waals surface area contributed by atoms with E-state index in [1.807, 2.05) is 6.08 Å². The first-order valence-electron chi connectivity index (χ1n) is 11.5. The van der Waals surface area contributed by atoms with Crippen LogP contribution in [0.25, 0.3) is 0 Å². The van der Waals surface area contributed by atoms with Crippen molar-refractivity contribution in [2.24, 2.45) is 5.92 Å². The summed E-state index contributed by atoms with van der Waals surface area (Å²) in [7, 11) is 0. The lowest BCUT2D eigenvalue weighted by atomic mass is 9.81. The van der Waals surface area contributed by atoms with Crippen LogP contribution in [-0.2, 0) is 22.3 Å². The number of benzene rings is 1. The van der Waals surface area contributed by atoms with Crippen molar-refractivity contribution in [1.29, 1.82) is 0 Å². The second-order valence-corrected chi connectivity index (χ2v) is 9.55. The van der Waals surface area contributed by atoms with Crippen LogP contribution in [0.4, 0.5) is 0 Å². The molecular formula is C25H33ClO6. The lowest BCUT2D eigenvalue weighted by Crippen LogP contribution is -2.60. The third-order valence-electron chi connectivity index (χ3n) is 6.59. The summed E-state index contributed by atoms with van der Waals surface area (Å²) in [5.41, 5.74) is 3.47. The summed E-state index contributed by atoms with van der Waals surface area (Å²) in [6.07, 6.45) is 4.27. The number of ether oxygens (including phenoxy) is 2. The molecule has 6 atom stereocenters. The molecule has 176 valence electrons. The molecule has 1 saturated carbocycles. The maximum absolute atomic E-state index is 10.5. The van der Waals surface area contributed by atoms with Crippen molar-refractivity contribution in [3.05, 3.63) is 58.1 Å². The molecule has 0 amide bonds. The molecule has 7 heteroatoms. The minimum atomic E-state index is -1.37. The molecule has 0 bridgehead atoms. The van der Waals surface area contributed by atoms with Gasteiger partial charge in [-0.25, -0.2) is 0 Å². The van der Waals surface area contributed by atoms with Crippen molar-refractivity contribution in [3.63, 3.8) is 0 Å². The predicted molar refractivity (Wildman–Crippen MR) is 121 cm³/mol. The number of hydrogen-bond acceptors (Lipinski definition) is 6. The largest absolute Gasteiger partial charge is 0.394 e. The van der Waals surface area contributed by atoms with Crippen LogP contribution in [0, 0.1) is 5.92 Å². The van der Waals surface area contributed by atoms with E-state index in [9.17, 15) is 20.4 Å². The maximum atomic E-state index is 10.5. The van der Waals surface area contributed by atoms with Gasteiger partial charge in [-0.3, -0.25) is 0 Å². The molecule has 1 saturated heterocycles. The summed E-state index contributed by atoms with van der Waals surface area (Å²) in [6.45, 7) is 0.390. The Morgan fingerprint density at radius 3 is 2.41 bits per heavy atom. The van der Waals surface area contributed by atoms with E-state index in [2.05, 4.69) is 24.3 Å². The Labute approximate surface area is 194 Å². The Hall–Kier alpha value is -1.25. The quantitative estimate of drug-likeness (QED) is 0.418. The van der Waals surface area contributed by atoms with Gasteiger partial charge in [-0.05, 0) is 61.3 Å². The van der Waals surface area contributed by atoms with Gasteiger partial charge in [0, 0.05) is 17.6 Å². The zero-order valence-electron chi connectivity index (χ0n) is 18.1. The van der Waals surface area contributed by atoms with E-state index >= 15 is 0 Å². The summed E-state index contributed by atoms with van der Waals surface area (Å²) in [4.78, 5) is 0. The van der Waals surface area contributed by atoms with Crippen LogP contribution in [0.2, 0.25) is 0 Å². The number of aliphatic hydroxyl groups is 4. The van der Waals surface area contributed by atoms with Gasteiger partial charge in [-0.15, -0.1) is 0 Å². The fraction of sp³-hybridized carbons (Fsp3) is 0.600. The van der Waals surface area contributed by atoms with Crippen LogP contribution in [0.3, 0.4) is 0 Å². The van der Waals surface area contributed by atoms with Gasteiger partial charge in [-0.2, -0.15) is 0 Å². The number of aliphatic hydroxyl groups excluding tert-OH is 4. The number of halogens is 1. The van der Waals surface area contributed by atoms with Crippen LogP contribution in [-0.4, -0.2) is 70.3 Å². The van der Waals surface area contributed by atoms with Gasteiger partial charge in [0.15, 0.2) is 0 Å². The molecule has 0 aromatic heterocycles. The summed E-state index contributed by atoms with van der Waals surface area (Å²) >= 11 is 6.47. The number of rotatable bonds is 9. The van der Waals surface area contributed by atoms with Gasteiger partial charge >= 0.3 is 0 Å². The molecule has 1 heterocycles. The molecule has 2 aliphatic carbocycles. The van der Waals surface area contributed by atoms with E-state index in [4.69, 9.17) is 21.1 Å². The first-order valence-corrected chi connectivity index (χ1v) is 11.9. The maximum Gasteiger partial charge on any atom is 0.111 e. The van der Waals surface area contributed by atoms with Gasteiger partial charge in [0.25, 0.3) is 0 Å². The van der Waals surface area contributed by atoms with E-state index < -0.39 is 37.1 Å². The highest BCUT2D eigenvalue weighted by Gasteiger charge is 2.46. The highest BCUT2D eigenvalue weighted by Crippen LogP contribution is 2.35. The second-order valence-electron chi connectivity index (χ2n) is 9.14. The van der Waals surface area contributed by atoms with Crippen molar-refractivity contribution in [2.75, 3.05) is 13.2 Å². The van der Waals surface area contributed by atoms with Gasteiger partial charge in [0.1, 0.15) is 24.4 Å². The molecule has 1 aliphatic heterocycles. The first-order chi connectivity index (χ1) is 15.5. The topological polar surface area (TPSA) is 99.4 Å². The van der Waals surface area contributed by atoms with Crippen molar-refractivity contribution in [1.82, 2.24) is 0 Å². The molecule has 0 radical (unpaired) electrons. The lowest BCUT2D eigenvalue weighted by molar-refractivity contribution is -0.237. The van der Waals surface area contributed by atoms with E-state index in [0.717, 1.165) is 30.6 Å². The highest BCUT2D eigenvalue weighted by molar-refractivity contribution is 6.31. The monoisotopic (exact) mass is 464 g/mol. The average molecular weight is 465 g/mol. The number of allylic oxidation sites excluding steroid dienone is 3. The fourth-order valence-corrected chi connectivity index (χ4v) is 4.69. The molecule has 3 aliphatic rings. The molecule has 6 nitrogen and oxygen atoms in total. The third kappa shape index (κ3) is 5.81. The highest BCUT2D eigenvalue weighted by atomic mass is 35.5. The Morgan fingerprint density at radius 2 is 1.72 bits per heavy atom. The van der Waals surface area contributed by atoms with Crippen molar-refractivity contribution in [3.8, 4) is 0 Å². The van der Waals surface area contributed by atoms with E-state index in [1.54, 1.807) is 6.08 Å².